The lowest BCUT2D eigenvalue weighted by atomic mass is 9.88. The maximum Gasteiger partial charge on any atom is 0.341 e. The number of amides is 1. The highest BCUT2D eigenvalue weighted by atomic mass is 16.6. The fraction of sp³-hybridized carbons (Fsp3) is 0.600. The zero-order valence-electron chi connectivity index (χ0n) is 16.1. The maximum absolute atomic E-state index is 12.6. The molecule has 1 aromatic heterocycles. The number of hydrogen-bond acceptors (Lipinski definition) is 7. The Morgan fingerprint density at radius 1 is 1.07 bits per heavy atom. The van der Waals surface area contributed by atoms with E-state index < -0.39 is 0 Å². The number of para-hydroxylation sites is 1. The van der Waals surface area contributed by atoms with Gasteiger partial charge in [-0.05, 0) is 35.4 Å². The summed E-state index contributed by atoms with van der Waals surface area (Å²) < 4.78 is 19.5. The minimum Gasteiger partial charge on any atom is -0.423 e. The number of carbonyl (C=O) groups is 1. The molecule has 1 N–H and O–H groups in total. The molecular weight excluding hydrogens is 374 g/mol. The molecule has 9 nitrogen and oxygen atoms in total. The minimum atomic E-state index is -0.228. The number of nitrogens with one attached hydrogen (secondary N) is 1. The molecule has 4 unspecified atom stereocenters. The number of fused-ring (bicyclic) bond motifs is 1. The van der Waals surface area contributed by atoms with Gasteiger partial charge in [0.05, 0.1) is 19.3 Å². The van der Waals surface area contributed by atoms with Gasteiger partial charge in [0.1, 0.15) is 24.0 Å². The van der Waals surface area contributed by atoms with Crippen LogP contribution in [0.5, 0.6) is 11.8 Å². The summed E-state index contributed by atoms with van der Waals surface area (Å²) >= 11 is 0. The number of rotatable bonds is 5. The standard InChI is InChI=1S/C20H25N5O4/c26-19(13-7-3-1-4-8-13)21-15-11-27-18-16(12-28-17(15)18)25-20(22-23-24-25)29-14-9-5-2-6-10-14/h2,5-6,9-10,13,15-18H,1,3-4,7-8,11-12H2,(H,21,26). The topological polar surface area (TPSA) is 100 Å². The summed E-state index contributed by atoms with van der Waals surface area (Å²) in [6, 6.07) is 9.32. The van der Waals surface area contributed by atoms with Crippen molar-refractivity contribution in [1.82, 2.24) is 25.5 Å². The van der Waals surface area contributed by atoms with Crippen LogP contribution in [0.15, 0.2) is 30.3 Å². The van der Waals surface area contributed by atoms with Gasteiger partial charge in [-0.25, -0.2) is 0 Å². The Morgan fingerprint density at radius 3 is 2.69 bits per heavy atom. The lowest BCUT2D eigenvalue weighted by Crippen LogP contribution is -2.46. The van der Waals surface area contributed by atoms with E-state index in [1.165, 1.54) is 6.42 Å². The molecule has 2 aliphatic heterocycles. The van der Waals surface area contributed by atoms with Gasteiger partial charge in [-0.3, -0.25) is 4.79 Å². The lowest BCUT2D eigenvalue weighted by molar-refractivity contribution is -0.127. The molecule has 0 bridgehead atoms. The highest BCUT2D eigenvalue weighted by Crippen LogP contribution is 2.36. The van der Waals surface area contributed by atoms with E-state index in [0.717, 1.165) is 25.7 Å². The first-order chi connectivity index (χ1) is 14.3. The minimum absolute atomic E-state index is 0.116. The summed E-state index contributed by atoms with van der Waals surface area (Å²) in [6.45, 7) is 0.836. The Kier molecular flexibility index (Phi) is 5.15. The normalized spacial score (nSPS) is 29.5. The van der Waals surface area contributed by atoms with Crippen molar-refractivity contribution in [3.63, 3.8) is 0 Å². The number of ether oxygens (including phenoxy) is 3. The van der Waals surface area contributed by atoms with Gasteiger partial charge in [0.2, 0.25) is 5.91 Å². The van der Waals surface area contributed by atoms with Gasteiger partial charge in [0.15, 0.2) is 0 Å². The Hall–Kier alpha value is -2.52. The van der Waals surface area contributed by atoms with Crippen molar-refractivity contribution in [2.24, 2.45) is 5.92 Å². The maximum atomic E-state index is 12.6. The van der Waals surface area contributed by atoms with E-state index >= 15 is 0 Å². The molecule has 9 heteroatoms. The highest BCUT2D eigenvalue weighted by Gasteiger charge is 2.50. The zero-order valence-corrected chi connectivity index (χ0v) is 16.1. The van der Waals surface area contributed by atoms with E-state index in [1.54, 1.807) is 4.68 Å². The molecule has 2 aromatic rings. The van der Waals surface area contributed by atoms with Crippen LogP contribution in [0.3, 0.4) is 0 Å². The van der Waals surface area contributed by atoms with Crippen LogP contribution in [0.4, 0.5) is 0 Å². The monoisotopic (exact) mass is 399 g/mol. The summed E-state index contributed by atoms with van der Waals surface area (Å²) in [6.07, 6.45) is 5.00. The first-order valence-corrected chi connectivity index (χ1v) is 10.3. The predicted octanol–water partition coefficient (Wildman–Crippen LogP) is 1.87. The van der Waals surface area contributed by atoms with Gasteiger partial charge >= 0.3 is 6.01 Å². The quantitative estimate of drug-likeness (QED) is 0.819. The third-order valence-corrected chi connectivity index (χ3v) is 6.06. The van der Waals surface area contributed by atoms with Crippen molar-refractivity contribution in [2.45, 2.75) is 56.4 Å². The van der Waals surface area contributed by atoms with E-state index in [2.05, 4.69) is 20.8 Å². The number of aromatic nitrogens is 4. The molecule has 0 radical (unpaired) electrons. The Labute approximate surface area is 168 Å². The smallest absolute Gasteiger partial charge is 0.341 e. The second kappa shape index (κ2) is 8.08. The fourth-order valence-electron chi connectivity index (χ4n) is 4.53. The van der Waals surface area contributed by atoms with Crippen LogP contribution >= 0.6 is 0 Å². The molecular formula is C20H25N5O4. The summed E-state index contributed by atoms with van der Waals surface area (Å²) in [4.78, 5) is 12.6. The van der Waals surface area contributed by atoms with Crippen LogP contribution in [-0.2, 0) is 14.3 Å². The Balaban J connectivity index is 1.25. The summed E-state index contributed by atoms with van der Waals surface area (Å²) in [7, 11) is 0. The van der Waals surface area contributed by atoms with Gasteiger partial charge in [0, 0.05) is 5.92 Å². The van der Waals surface area contributed by atoms with E-state index in [-0.39, 0.29) is 36.1 Å². The van der Waals surface area contributed by atoms with Crippen molar-refractivity contribution in [3.8, 4) is 11.8 Å². The molecule has 1 saturated carbocycles. The van der Waals surface area contributed by atoms with Crippen LogP contribution < -0.4 is 10.1 Å². The zero-order chi connectivity index (χ0) is 19.6. The van der Waals surface area contributed by atoms with Gasteiger partial charge in [-0.1, -0.05) is 42.6 Å². The predicted molar refractivity (Wildman–Crippen MR) is 101 cm³/mol. The van der Waals surface area contributed by atoms with Crippen LogP contribution in [0.25, 0.3) is 0 Å². The van der Waals surface area contributed by atoms with Gasteiger partial charge in [0.25, 0.3) is 0 Å². The van der Waals surface area contributed by atoms with E-state index in [1.807, 2.05) is 30.3 Å². The molecule has 4 atom stereocenters. The summed E-state index contributed by atoms with van der Waals surface area (Å²) in [5.41, 5.74) is 0. The van der Waals surface area contributed by atoms with E-state index in [9.17, 15) is 4.79 Å². The summed E-state index contributed by atoms with van der Waals surface area (Å²) in [5, 5.41) is 15.0. The molecule has 0 spiro atoms. The van der Waals surface area contributed by atoms with Crippen molar-refractivity contribution >= 4 is 5.91 Å². The van der Waals surface area contributed by atoms with Crippen molar-refractivity contribution in [2.75, 3.05) is 13.2 Å². The SMILES string of the molecule is O=C(NC1COC2C1OCC2n1nnnc1Oc1ccccc1)C1CCCCC1. The van der Waals surface area contributed by atoms with Crippen LogP contribution in [0.2, 0.25) is 0 Å². The first-order valence-electron chi connectivity index (χ1n) is 10.3. The number of carbonyl (C=O) groups excluding carboxylic acids is 1. The van der Waals surface area contributed by atoms with Gasteiger partial charge in [-0.15, -0.1) is 0 Å². The second-order valence-corrected chi connectivity index (χ2v) is 7.93. The molecule has 1 amide bonds. The van der Waals surface area contributed by atoms with E-state index in [0.29, 0.717) is 25.0 Å². The average molecular weight is 399 g/mol. The molecule has 3 fully saturated rings. The van der Waals surface area contributed by atoms with Gasteiger partial charge in [-0.2, -0.15) is 4.68 Å². The van der Waals surface area contributed by atoms with Crippen molar-refractivity contribution in [1.29, 1.82) is 0 Å². The first kappa shape index (κ1) is 18.5. The van der Waals surface area contributed by atoms with Crippen molar-refractivity contribution < 1.29 is 19.0 Å². The molecule has 1 aliphatic carbocycles. The second-order valence-electron chi connectivity index (χ2n) is 7.93. The van der Waals surface area contributed by atoms with Crippen LogP contribution in [0.1, 0.15) is 38.1 Å². The number of tetrazole rings is 1. The third-order valence-electron chi connectivity index (χ3n) is 6.06. The average Bonchev–Trinajstić information content (AvgIpc) is 3.47. The molecule has 1 aromatic carbocycles. The molecule has 3 heterocycles. The number of hydrogen-bond donors (Lipinski definition) is 1. The summed E-state index contributed by atoms with van der Waals surface area (Å²) in [5.74, 6) is 0.899. The molecule has 3 aliphatic rings. The third kappa shape index (κ3) is 3.72. The number of benzene rings is 1. The Morgan fingerprint density at radius 2 is 1.86 bits per heavy atom. The van der Waals surface area contributed by atoms with Crippen LogP contribution in [0, 0.1) is 5.92 Å². The van der Waals surface area contributed by atoms with Crippen molar-refractivity contribution in [3.05, 3.63) is 30.3 Å². The fourth-order valence-corrected chi connectivity index (χ4v) is 4.53. The number of nitrogens with zero attached hydrogens (tertiary/aromatic N) is 4. The molecule has 2 saturated heterocycles. The van der Waals surface area contributed by atoms with Gasteiger partial charge < -0.3 is 19.5 Å². The molecule has 154 valence electrons. The Bertz CT molecular complexity index is 838. The largest absolute Gasteiger partial charge is 0.423 e. The van der Waals surface area contributed by atoms with Crippen LogP contribution in [-0.4, -0.2) is 57.6 Å². The molecule has 5 rings (SSSR count). The lowest BCUT2D eigenvalue weighted by Gasteiger charge is -2.24. The highest BCUT2D eigenvalue weighted by molar-refractivity contribution is 5.79. The van der Waals surface area contributed by atoms with E-state index in [4.69, 9.17) is 14.2 Å². The molecule has 29 heavy (non-hydrogen) atoms.